The van der Waals surface area contributed by atoms with Crippen LogP contribution >= 0.6 is 0 Å². The first-order valence-electron chi connectivity index (χ1n) is 5.97. The van der Waals surface area contributed by atoms with Crippen molar-refractivity contribution in [2.24, 2.45) is 17.8 Å². The summed E-state index contributed by atoms with van der Waals surface area (Å²) in [5.41, 5.74) is 0. The lowest BCUT2D eigenvalue weighted by Gasteiger charge is -2.33. The van der Waals surface area contributed by atoms with E-state index < -0.39 is 12.1 Å². The van der Waals surface area contributed by atoms with Gasteiger partial charge in [-0.05, 0) is 30.6 Å². The van der Waals surface area contributed by atoms with Crippen LogP contribution in [-0.2, 0) is 4.79 Å². The van der Waals surface area contributed by atoms with Gasteiger partial charge in [-0.25, -0.2) is 4.79 Å². The molecule has 16 heavy (non-hydrogen) atoms. The summed E-state index contributed by atoms with van der Waals surface area (Å²) in [6, 6.07) is -0.415. The molecule has 0 aromatic rings. The number of carbonyl (C=O) groups excluding carboxylic acids is 1. The van der Waals surface area contributed by atoms with Crippen molar-refractivity contribution in [1.82, 2.24) is 10.2 Å². The van der Waals surface area contributed by atoms with Gasteiger partial charge < -0.3 is 10.4 Å². The van der Waals surface area contributed by atoms with Gasteiger partial charge in [-0.2, -0.15) is 0 Å². The second-order valence-electron chi connectivity index (χ2n) is 5.05. The summed E-state index contributed by atoms with van der Waals surface area (Å²) in [6.07, 6.45) is 2.64. The lowest BCUT2D eigenvalue weighted by atomic mass is 10.0. The summed E-state index contributed by atoms with van der Waals surface area (Å²) in [5, 5.41) is 11.9. The standard InChI is InChI=1S/C11H16N2O3/c14-10-9(8-6-2-1-3-7(6)8)13(11(15)16)5-4-12-10/h6-9H,1-5H2,(H,12,14)(H,15,16). The second-order valence-corrected chi connectivity index (χ2v) is 5.05. The predicted octanol–water partition coefficient (Wildman–Crippen LogP) is 0.511. The summed E-state index contributed by atoms with van der Waals surface area (Å²) in [5.74, 6) is 1.42. The maximum Gasteiger partial charge on any atom is 0.408 e. The van der Waals surface area contributed by atoms with Crippen LogP contribution in [0, 0.1) is 17.8 Å². The molecule has 88 valence electrons. The Labute approximate surface area is 93.8 Å². The molecule has 2 N–H and O–H groups in total. The number of piperazine rings is 1. The third-order valence-electron chi connectivity index (χ3n) is 4.34. The van der Waals surface area contributed by atoms with E-state index in [9.17, 15) is 9.59 Å². The molecule has 5 nitrogen and oxygen atoms in total. The first-order chi connectivity index (χ1) is 7.70. The molecule has 2 aliphatic carbocycles. The van der Waals surface area contributed by atoms with E-state index in [2.05, 4.69) is 5.32 Å². The van der Waals surface area contributed by atoms with Gasteiger partial charge in [0.25, 0.3) is 0 Å². The number of rotatable bonds is 1. The van der Waals surface area contributed by atoms with Crippen molar-refractivity contribution in [2.75, 3.05) is 13.1 Å². The van der Waals surface area contributed by atoms with Gasteiger partial charge in [0.1, 0.15) is 6.04 Å². The average molecular weight is 224 g/mol. The predicted molar refractivity (Wildman–Crippen MR) is 55.8 cm³/mol. The number of nitrogens with one attached hydrogen (secondary N) is 1. The van der Waals surface area contributed by atoms with Gasteiger partial charge in [0.05, 0.1) is 0 Å². The van der Waals surface area contributed by atoms with Gasteiger partial charge in [-0.1, -0.05) is 6.42 Å². The quantitative estimate of drug-likeness (QED) is 0.682. The fraction of sp³-hybridized carbons (Fsp3) is 0.818. The molecule has 1 aliphatic heterocycles. The number of hydrogen-bond acceptors (Lipinski definition) is 2. The highest BCUT2D eigenvalue weighted by atomic mass is 16.4. The van der Waals surface area contributed by atoms with Crippen LogP contribution in [0.5, 0.6) is 0 Å². The Morgan fingerprint density at radius 1 is 1.38 bits per heavy atom. The first-order valence-corrected chi connectivity index (χ1v) is 5.97. The molecule has 2 saturated carbocycles. The molecule has 3 unspecified atom stereocenters. The van der Waals surface area contributed by atoms with Gasteiger partial charge in [-0.15, -0.1) is 0 Å². The van der Waals surface area contributed by atoms with E-state index in [1.54, 1.807) is 0 Å². The number of nitrogens with zero attached hydrogens (tertiary/aromatic N) is 1. The summed E-state index contributed by atoms with van der Waals surface area (Å²) < 4.78 is 0. The fourth-order valence-electron chi connectivity index (χ4n) is 3.63. The molecule has 0 aromatic heterocycles. The molecule has 3 rings (SSSR count). The Hall–Kier alpha value is -1.26. The van der Waals surface area contributed by atoms with Crippen molar-refractivity contribution < 1.29 is 14.7 Å². The minimum Gasteiger partial charge on any atom is -0.465 e. The lowest BCUT2D eigenvalue weighted by Crippen LogP contribution is -2.58. The van der Waals surface area contributed by atoms with Crippen LogP contribution in [0.25, 0.3) is 0 Å². The molecule has 1 heterocycles. The smallest absolute Gasteiger partial charge is 0.408 e. The Kier molecular flexibility index (Phi) is 2.09. The van der Waals surface area contributed by atoms with Gasteiger partial charge in [0, 0.05) is 13.1 Å². The summed E-state index contributed by atoms with van der Waals surface area (Å²) in [4.78, 5) is 24.2. The molecule has 0 radical (unpaired) electrons. The first kappa shape index (κ1) is 9.93. The molecule has 0 spiro atoms. The van der Waals surface area contributed by atoms with Crippen molar-refractivity contribution in [2.45, 2.75) is 25.3 Å². The highest BCUT2D eigenvalue weighted by Crippen LogP contribution is 2.59. The van der Waals surface area contributed by atoms with E-state index in [-0.39, 0.29) is 5.91 Å². The van der Waals surface area contributed by atoms with Crippen molar-refractivity contribution in [3.05, 3.63) is 0 Å². The molecular formula is C11H16N2O3. The molecule has 0 bridgehead atoms. The zero-order chi connectivity index (χ0) is 11.3. The SMILES string of the molecule is O=C1NCCN(C(=O)O)C1C1C2CCCC21. The van der Waals surface area contributed by atoms with Crippen molar-refractivity contribution in [1.29, 1.82) is 0 Å². The Morgan fingerprint density at radius 2 is 2.06 bits per heavy atom. The van der Waals surface area contributed by atoms with Crippen LogP contribution in [0.15, 0.2) is 0 Å². The molecule has 1 saturated heterocycles. The maximum atomic E-state index is 11.8. The zero-order valence-corrected chi connectivity index (χ0v) is 9.06. The number of carboxylic acid groups (broad SMARTS) is 1. The molecule has 5 heteroatoms. The summed E-state index contributed by atoms with van der Waals surface area (Å²) in [6.45, 7) is 0.880. The van der Waals surface area contributed by atoms with Crippen LogP contribution in [0.3, 0.4) is 0 Å². The van der Waals surface area contributed by atoms with E-state index in [1.807, 2.05) is 0 Å². The highest BCUT2D eigenvalue weighted by Gasteiger charge is 2.60. The summed E-state index contributed by atoms with van der Waals surface area (Å²) >= 11 is 0. The maximum absolute atomic E-state index is 11.8. The van der Waals surface area contributed by atoms with Crippen LogP contribution in [0.1, 0.15) is 19.3 Å². The zero-order valence-electron chi connectivity index (χ0n) is 9.06. The van der Waals surface area contributed by atoms with E-state index in [4.69, 9.17) is 5.11 Å². The van der Waals surface area contributed by atoms with Gasteiger partial charge in [0.15, 0.2) is 0 Å². The Morgan fingerprint density at radius 3 is 2.69 bits per heavy atom. The van der Waals surface area contributed by atoms with E-state index in [0.717, 1.165) is 0 Å². The van der Waals surface area contributed by atoms with Crippen LogP contribution in [-0.4, -0.2) is 41.1 Å². The third kappa shape index (κ3) is 1.30. The monoisotopic (exact) mass is 224 g/mol. The molecule has 0 aromatic carbocycles. The minimum atomic E-state index is -0.954. The lowest BCUT2D eigenvalue weighted by molar-refractivity contribution is -0.129. The van der Waals surface area contributed by atoms with Gasteiger partial charge in [-0.3, -0.25) is 9.69 Å². The minimum absolute atomic E-state index is 0.0898. The van der Waals surface area contributed by atoms with Crippen LogP contribution < -0.4 is 5.32 Å². The Bertz CT molecular complexity index is 334. The third-order valence-corrected chi connectivity index (χ3v) is 4.34. The number of carbonyl (C=O) groups is 2. The molecule has 3 atom stereocenters. The van der Waals surface area contributed by atoms with E-state index >= 15 is 0 Å². The largest absolute Gasteiger partial charge is 0.465 e. The Balaban J connectivity index is 1.79. The van der Waals surface area contributed by atoms with Gasteiger partial charge in [0.2, 0.25) is 5.91 Å². The number of amides is 2. The second kappa shape index (κ2) is 3.37. The van der Waals surface area contributed by atoms with Crippen molar-refractivity contribution in [3.8, 4) is 0 Å². The van der Waals surface area contributed by atoms with Gasteiger partial charge >= 0.3 is 6.09 Å². The van der Waals surface area contributed by atoms with Crippen molar-refractivity contribution in [3.63, 3.8) is 0 Å². The topological polar surface area (TPSA) is 69.6 Å². The number of hydrogen-bond donors (Lipinski definition) is 2. The summed E-state index contributed by atoms with van der Waals surface area (Å²) in [7, 11) is 0. The number of fused-ring (bicyclic) bond motifs is 1. The molecule has 3 fully saturated rings. The van der Waals surface area contributed by atoms with Crippen LogP contribution in [0.2, 0.25) is 0 Å². The normalized spacial score (nSPS) is 41.5. The molecular weight excluding hydrogens is 208 g/mol. The van der Waals surface area contributed by atoms with Crippen molar-refractivity contribution >= 4 is 12.0 Å². The highest BCUT2D eigenvalue weighted by molar-refractivity contribution is 5.87. The van der Waals surface area contributed by atoms with E-state index in [0.29, 0.717) is 30.8 Å². The van der Waals surface area contributed by atoms with Crippen LogP contribution in [0.4, 0.5) is 4.79 Å². The fourth-order valence-corrected chi connectivity index (χ4v) is 3.63. The molecule has 3 aliphatic rings. The average Bonchev–Trinajstić information content (AvgIpc) is 2.71. The van der Waals surface area contributed by atoms with E-state index in [1.165, 1.54) is 24.2 Å². The molecule has 2 amide bonds.